The summed E-state index contributed by atoms with van der Waals surface area (Å²) in [6.07, 6.45) is -2.37. The highest BCUT2D eigenvalue weighted by molar-refractivity contribution is 6.06. The molecule has 1 aromatic heterocycles. The van der Waals surface area contributed by atoms with Gasteiger partial charge in [0.05, 0.1) is 23.5 Å². The molecule has 39 heavy (non-hydrogen) atoms. The number of pyridine rings is 1. The largest absolute Gasteiger partial charge is 0.416 e. The molecule has 3 fully saturated rings. The number of fused-ring (bicyclic) bond motifs is 1. The maximum atomic E-state index is 13.3. The highest BCUT2D eigenvalue weighted by Gasteiger charge is 2.56. The van der Waals surface area contributed by atoms with Crippen LogP contribution in [0.3, 0.4) is 0 Å². The van der Waals surface area contributed by atoms with Gasteiger partial charge in [0.25, 0.3) is 5.91 Å². The molecule has 3 unspecified atom stereocenters. The third kappa shape index (κ3) is 4.58. The SMILES string of the molecule is O=C(Nc1cccnc1-c1cccc(C(F)(F)F)c1)N1CCN2C(=O)N(C3CC3c3ccccc3)C(=O)C2C1. The summed E-state index contributed by atoms with van der Waals surface area (Å²) in [4.78, 5) is 48.1. The fraction of sp³-hybridized carbons (Fsp3) is 0.286. The maximum absolute atomic E-state index is 13.3. The minimum absolute atomic E-state index is 0.0226. The molecule has 1 aliphatic carbocycles. The number of halogens is 3. The number of nitrogens with one attached hydrogen (secondary N) is 1. The number of hydrogen-bond acceptors (Lipinski definition) is 4. The van der Waals surface area contributed by atoms with E-state index in [2.05, 4.69) is 10.3 Å². The second kappa shape index (κ2) is 9.40. The number of aromatic nitrogens is 1. The van der Waals surface area contributed by atoms with Crippen molar-refractivity contribution in [2.24, 2.45) is 0 Å². The second-order valence-corrected chi connectivity index (χ2v) is 9.87. The first-order chi connectivity index (χ1) is 18.7. The number of amides is 5. The predicted octanol–water partition coefficient (Wildman–Crippen LogP) is 4.80. The van der Waals surface area contributed by atoms with Crippen molar-refractivity contribution >= 4 is 23.7 Å². The van der Waals surface area contributed by atoms with E-state index in [1.807, 2.05) is 30.3 Å². The van der Waals surface area contributed by atoms with Crippen molar-refractivity contribution in [1.29, 1.82) is 0 Å². The van der Waals surface area contributed by atoms with Gasteiger partial charge in [0.2, 0.25) is 0 Å². The van der Waals surface area contributed by atoms with Crippen molar-refractivity contribution in [1.82, 2.24) is 19.7 Å². The van der Waals surface area contributed by atoms with Crippen LogP contribution in [0.25, 0.3) is 11.3 Å². The number of carbonyl (C=O) groups excluding carboxylic acids is 3. The zero-order chi connectivity index (χ0) is 27.3. The van der Waals surface area contributed by atoms with Gasteiger partial charge in [0.1, 0.15) is 6.04 Å². The lowest BCUT2D eigenvalue weighted by atomic mass is 10.1. The number of nitrogens with zero attached hydrogens (tertiary/aromatic N) is 4. The maximum Gasteiger partial charge on any atom is 0.416 e. The minimum atomic E-state index is -4.52. The standard InChI is InChI=1S/C28H24F3N5O3/c29-28(30,31)19-9-4-8-18(14-19)24-21(10-5-11-32-24)33-26(38)34-12-13-35-23(16-34)25(37)36(27(35)39)22-15-20(22)17-6-2-1-3-7-17/h1-11,14,20,22-23H,12-13,15-16H2,(H,33,38). The van der Waals surface area contributed by atoms with Crippen molar-refractivity contribution in [2.75, 3.05) is 25.0 Å². The molecular weight excluding hydrogens is 511 g/mol. The fourth-order valence-electron chi connectivity index (χ4n) is 5.40. The van der Waals surface area contributed by atoms with E-state index in [4.69, 9.17) is 0 Å². The van der Waals surface area contributed by atoms with Crippen LogP contribution < -0.4 is 5.32 Å². The Morgan fingerprint density at radius 3 is 2.54 bits per heavy atom. The monoisotopic (exact) mass is 535 g/mol. The first kappa shape index (κ1) is 24.9. The Balaban J connectivity index is 1.16. The molecule has 11 heteroatoms. The highest BCUT2D eigenvalue weighted by atomic mass is 19.4. The normalized spacial score (nSPS) is 22.6. The Labute approximate surface area is 222 Å². The van der Waals surface area contributed by atoms with E-state index in [9.17, 15) is 27.6 Å². The van der Waals surface area contributed by atoms with Crippen LogP contribution in [0.2, 0.25) is 0 Å². The van der Waals surface area contributed by atoms with Gasteiger partial charge in [0, 0.05) is 36.8 Å². The zero-order valence-electron chi connectivity index (χ0n) is 20.6. The Morgan fingerprint density at radius 1 is 0.974 bits per heavy atom. The third-order valence-corrected chi connectivity index (χ3v) is 7.47. The fourth-order valence-corrected chi connectivity index (χ4v) is 5.40. The Morgan fingerprint density at radius 2 is 1.77 bits per heavy atom. The van der Waals surface area contributed by atoms with Gasteiger partial charge in [-0.1, -0.05) is 42.5 Å². The Bertz CT molecular complexity index is 1450. The molecule has 6 rings (SSSR count). The van der Waals surface area contributed by atoms with Crippen molar-refractivity contribution in [3.05, 3.63) is 84.1 Å². The summed E-state index contributed by atoms with van der Waals surface area (Å²) < 4.78 is 39.7. The molecule has 200 valence electrons. The molecule has 3 atom stereocenters. The molecule has 2 aliphatic heterocycles. The van der Waals surface area contributed by atoms with Crippen molar-refractivity contribution in [3.63, 3.8) is 0 Å². The number of benzene rings is 2. The summed E-state index contributed by atoms with van der Waals surface area (Å²) in [6.45, 7) is 0.436. The number of anilines is 1. The summed E-state index contributed by atoms with van der Waals surface area (Å²) in [5.74, 6) is -0.202. The molecule has 3 heterocycles. The van der Waals surface area contributed by atoms with Crippen LogP contribution in [0.15, 0.2) is 72.9 Å². The first-order valence-corrected chi connectivity index (χ1v) is 12.6. The van der Waals surface area contributed by atoms with Crippen molar-refractivity contribution in [2.45, 2.75) is 30.6 Å². The van der Waals surface area contributed by atoms with Gasteiger partial charge >= 0.3 is 18.2 Å². The quantitative estimate of drug-likeness (QED) is 0.487. The van der Waals surface area contributed by atoms with Gasteiger partial charge in [-0.3, -0.25) is 14.7 Å². The topological polar surface area (TPSA) is 85.8 Å². The molecule has 0 bridgehead atoms. The van der Waals surface area contributed by atoms with Crippen molar-refractivity contribution < 1.29 is 27.6 Å². The predicted molar refractivity (Wildman–Crippen MR) is 136 cm³/mol. The molecule has 3 aliphatic rings. The number of alkyl halides is 3. The molecule has 3 aromatic rings. The van der Waals surface area contributed by atoms with E-state index < -0.39 is 23.8 Å². The number of carbonyl (C=O) groups is 3. The summed E-state index contributed by atoms with van der Waals surface area (Å²) in [6, 6.07) is 15.8. The van der Waals surface area contributed by atoms with Gasteiger partial charge in [-0.15, -0.1) is 0 Å². The number of piperazine rings is 1. The molecule has 2 saturated heterocycles. The number of hydrogen-bond donors (Lipinski definition) is 1. The summed E-state index contributed by atoms with van der Waals surface area (Å²) >= 11 is 0. The van der Waals surface area contributed by atoms with Gasteiger partial charge in [-0.25, -0.2) is 9.59 Å². The molecule has 0 radical (unpaired) electrons. The molecular formula is C28H24F3N5O3. The van der Waals surface area contributed by atoms with Gasteiger partial charge < -0.3 is 15.1 Å². The molecule has 2 aromatic carbocycles. The van der Waals surface area contributed by atoms with Crippen LogP contribution in [-0.2, 0) is 11.0 Å². The average molecular weight is 536 g/mol. The molecule has 5 amide bonds. The number of rotatable bonds is 4. The van der Waals surface area contributed by atoms with Gasteiger partial charge in [-0.2, -0.15) is 13.2 Å². The van der Waals surface area contributed by atoms with Crippen LogP contribution in [0.4, 0.5) is 28.4 Å². The van der Waals surface area contributed by atoms with E-state index >= 15 is 0 Å². The minimum Gasteiger partial charge on any atom is -0.320 e. The molecule has 1 N–H and O–H groups in total. The molecule has 0 spiro atoms. The summed E-state index contributed by atoms with van der Waals surface area (Å²) in [7, 11) is 0. The van der Waals surface area contributed by atoms with Crippen LogP contribution in [0.5, 0.6) is 0 Å². The summed E-state index contributed by atoms with van der Waals surface area (Å²) in [5.41, 5.74) is 0.897. The lowest BCUT2D eigenvalue weighted by molar-refractivity contribution is -0.137. The van der Waals surface area contributed by atoms with E-state index in [-0.39, 0.29) is 60.5 Å². The zero-order valence-corrected chi connectivity index (χ0v) is 20.6. The van der Waals surface area contributed by atoms with E-state index in [1.165, 1.54) is 33.0 Å². The first-order valence-electron chi connectivity index (χ1n) is 12.6. The second-order valence-electron chi connectivity index (χ2n) is 9.87. The smallest absolute Gasteiger partial charge is 0.320 e. The van der Waals surface area contributed by atoms with Gasteiger partial charge in [0.15, 0.2) is 0 Å². The average Bonchev–Trinajstić information content (AvgIpc) is 3.69. The third-order valence-electron chi connectivity index (χ3n) is 7.47. The Kier molecular flexibility index (Phi) is 6.00. The lowest BCUT2D eigenvalue weighted by Gasteiger charge is -2.35. The van der Waals surface area contributed by atoms with E-state index in [0.29, 0.717) is 6.42 Å². The molecule has 8 nitrogen and oxygen atoms in total. The van der Waals surface area contributed by atoms with Crippen molar-refractivity contribution in [3.8, 4) is 11.3 Å². The molecule has 1 saturated carbocycles. The lowest BCUT2D eigenvalue weighted by Crippen LogP contribution is -2.55. The van der Waals surface area contributed by atoms with Crippen LogP contribution in [0, 0.1) is 0 Å². The van der Waals surface area contributed by atoms with Crippen LogP contribution in [-0.4, -0.2) is 69.4 Å². The highest BCUT2D eigenvalue weighted by Crippen LogP contribution is 2.47. The summed E-state index contributed by atoms with van der Waals surface area (Å²) in [5, 5.41) is 2.73. The Hall–Kier alpha value is -4.41. The number of urea groups is 2. The van der Waals surface area contributed by atoms with Crippen LogP contribution >= 0.6 is 0 Å². The van der Waals surface area contributed by atoms with Crippen LogP contribution in [0.1, 0.15) is 23.5 Å². The van der Waals surface area contributed by atoms with E-state index in [0.717, 1.165) is 17.7 Å². The number of imide groups is 1. The van der Waals surface area contributed by atoms with E-state index in [1.54, 1.807) is 12.1 Å². The van der Waals surface area contributed by atoms with Gasteiger partial charge in [-0.05, 0) is 36.2 Å².